The average molecular weight is 1960 g/mol. The van der Waals surface area contributed by atoms with Crippen LogP contribution in [0.4, 0.5) is 8.78 Å². The van der Waals surface area contributed by atoms with Crippen molar-refractivity contribution in [1.29, 1.82) is 0 Å². The third kappa shape index (κ3) is 35.6. The summed E-state index contributed by atoms with van der Waals surface area (Å²) in [5.41, 5.74) is 14.2. The standard InChI is InChI=1S/C15H16F2N2O2.C14H22N2O2.C13H18N4O2.C13H20N2O2.C12H16N4O2.C12H18N2O3.C12H18N2O2.C11H16N2O2/c1-3-21-15(20)14-6-10(2)19(18-14)5-4-11-7-12(16)9-13(17)8-11;1-3-18-14(17)13-9-11(2)16(15-13)10-12-7-5-4-6-8-12;1-5-19-13(18)12-7-10(3)17(15-12)8-11-6-9(2)16(4)14-11;1-3-17-13(16)12-8-10(2)15(14-12)9-11-6-4-5-7-11;1-4-18-12(17)11-7-9(2)16(14-11)8-10-5-6-15(3)13-10;1-3-16-12(15)11-7-9(2)14(13-11)8-10-5-4-6-17-10;1-3-16-12(15)11-7-9(2)14(13-11)8-10-5-4-6-10;1-3-15-11(14)10-6-8(2)13(12-10)7-9-4-5-9/h6-9H,3-5H2,1-2H3;9,12H,3-8,10H2,1-2H3;6-7H,5,8H2,1-4H3;8,11H,3-7,9H2,1-2H3;5-7H,4,8H2,1-3H3;7,10H,3-6,8H2,1-2H3;7,10H,3-6,8H2,1-2H3;6,9H,3-5,7H2,1-2H3. The molecule has 37 nitrogen and oxygen atoms in total. The second kappa shape index (κ2) is 56.4. The highest BCUT2D eigenvalue weighted by atomic mass is 19.1. The van der Waals surface area contributed by atoms with E-state index in [4.69, 9.17) is 42.6 Å². The maximum absolute atomic E-state index is 13.1. The van der Waals surface area contributed by atoms with Crippen molar-refractivity contribution < 1.29 is 89.8 Å². The number of nitrogens with zero attached hydrogens (tertiary/aromatic N) is 20. The number of ether oxygens (including phenoxy) is 9. The van der Waals surface area contributed by atoms with Gasteiger partial charge in [-0.05, 0) is 290 Å². The smallest absolute Gasteiger partial charge is 0.358 e. The molecule has 0 N–H and O–H groups in total. The fourth-order valence-electron chi connectivity index (χ4n) is 16.0. The molecule has 1 aliphatic heterocycles. The van der Waals surface area contributed by atoms with Gasteiger partial charge in [0.05, 0.1) is 90.0 Å². The lowest BCUT2D eigenvalue weighted by Crippen LogP contribution is -2.19. The van der Waals surface area contributed by atoms with Crippen LogP contribution in [0.5, 0.6) is 0 Å². The maximum atomic E-state index is 13.1. The molecule has 1 unspecified atom stereocenters. The van der Waals surface area contributed by atoms with Crippen LogP contribution in [0.15, 0.2) is 85.1 Å². The Morgan fingerprint density at radius 1 is 0.305 bits per heavy atom. The Morgan fingerprint density at radius 3 is 0.865 bits per heavy atom. The molecule has 39 heteroatoms. The van der Waals surface area contributed by atoms with Gasteiger partial charge < -0.3 is 42.6 Å². The average Bonchev–Trinajstić information content (AvgIpc) is 1.70. The fourth-order valence-corrected chi connectivity index (χ4v) is 16.0. The molecule has 768 valence electrons. The summed E-state index contributed by atoms with van der Waals surface area (Å²) in [5.74, 6) is -1.15. The number of aromatic nitrogens is 20. The quantitative estimate of drug-likeness (QED) is 0.0272. The Kier molecular flexibility index (Phi) is 44.6. The van der Waals surface area contributed by atoms with E-state index in [0.29, 0.717) is 130 Å². The number of hydrogen-bond acceptors (Lipinski definition) is 27. The third-order valence-corrected chi connectivity index (χ3v) is 24.1. The van der Waals surface area contributed by atoms with E-state index in [1.807, 2.05) is 142 Å². The van der Waals surface area contributed by atoms with Crippen LogP contribution in [0, 0.1) is 97.6 Å². The van der Waals surface area contributed by atoms with E-state index < -0.39 is 17.6 Å². The van der Waals surface area contributed by atoms with Crippen LogP contribution in [0.25, 0.3) is 0 Å². The van der Waals surface area contributed by atoms with Crippen LogP contribution in [-0.4, -0.2) is 211 Å². The van der Waals surface area contributed by atoms with Crippen molar-refractivity contribution in [2.24, 2.45) is 37.8 Å². The van der Waals surface area contributed by atoms with Gasteiger partial charge in [-0.15, -0.1) is 0 Å². The van der Waals surface area contributed by atoms with Gasteiger partial charge in [0.1, 0.15) is 11.6 Å². The van der Waals surface area contributed by atoms with Gasteiger partial charge in [0, 0.05) is 117 Å². The fraction of sp³-hybridized carbons (Fsp3) is 0.569. The van der Waals surface area contributed by atoms with E-state index in [1.54, 1.807) is 104 Å². The van der Waals surface area contributed by atoms with Gasteiger partial charge in [-0.3, -0.25) is 46.8 Å². The number of esters is 8. The number of benzene rings is 1. The molecule has 0 bridgehead atoms. The molecule has 0 spiro atoms. The van der Waals surface area contributed by atoms with Crippen LogP contribution in [-0.2, 0) is 116 Å². The summed E-state index contributed by atoms with van der Waals surface area (Å²) in [5, 5.41) is 42.8. The van der Waals surface area contributed by atoms with Crippen molar-refractivity contribution in [2.75, 3.05) is 59.5 Å². The molecule has 5 fully saturated rings. The molecule has 0 radical (unpaired) electrons. The normalized spacial score (nSPS) is 14.3. The molecule has 11 heterocycles. The van der Waals surface area contributed by atoms with Crippen LogP contribution < -0.4 is 0 Å². The molecule has 11 aromatic rings. The van der Waals surface area contributed by atoms with Crippen molar-refractivity contribution in [1.82, 2.24) is 97.8 Å². The number of rotatable bonds is 33. The largest absolute Gasteiger partial charge is 0.461 e. The highest BCUT2D eigenvalue weighted by molar-refractivity contribution is 5.90. The Balaban J connectivity index is 0.000000180. The predicted octanol–water partition coefficient (Wildman–Crippen LogP) is 16.5. The van der Waals surface area contributed by atoms with Crippen molar-refractivity contribution in [3.8, 4) is 0 Å². The number of aryl methyl sites for hydroxylation is 13. The second-order valence-electron chi connectivity index (χ2n) is 35.5. The van der Waals surface area contributed by atoms with Gasteiger partial charge in [-0.1, -0.05) is 38.5 Å². The van der Waals surface area contributed by atoms with Crippen molar-refractivity contribution in [2.45, 2.75) is 285 Å². The molecule has 16 rings (SSSR count). The Bertz CT molecular complexity index is 5720. The molecule has 4 aliphatic carbocycles. The van der Waals surface area contributed by atoms with Crippen molar-refractivity contribution in [3.63, 3.8) is 0 Å². The van der Waals surface area contributed by atoms with Crippen molar-refractivity contribution in [3.05, 3.63) is 210 Å². The zero-order valence-corrected chi connectivity index (χ0v) is 85.7. The highest BCUT2D eigenvalue weighted by Gasteiger charge is 2.28. The lowest BCUT2D eigenvalue weighted by Gasteiger charge is -2.25. The molecule has 5 aliphatic rings. The lowest BCUT2D eigenvalue weighted by molar-refractivity contribution is 0.0507. The minimum atomic E-state index is -0.602. The lowest BCUT2D eigenvalue weighted by atomic mass is 9.85. The van der Waals surface area contributed by atoms with Crippen LogP contribution in [0.1, 0.15) is 310 Å². The number of carbonyl (C=O) groups excluding carboxylic acids is 8. The minimum Gasteiger partial charge on any atom is -0.461 e. The molecule has 4 saturated carbocycles. The van der Waals surface area contributed by atoms with Gasteiger partial charge in [-0.2, -0.15) is 51.0 Å². The number of carbonyl (C=O) groups is 8. The van der Waals surface area contributed by atoms with E-state index in [0.717, 1.165) is 132 Å². The van der Waals surface area contributed by atoms with E-state index in [1.165, 1.54) is 102 Å². The topological polar surface area (TPSA) is 398 Å². The molecular weight excluding hydrogens is 1820 g/mol. The SMILES string of the molecule is CCOC(=O)c1cc(C)n(CC2CC2)n1.CCOC(=O)c1cc(C)n(CC2CCC2)n1.CCOC(=O)c1cc(C)n(CC2CCCC2)n1.CCOC(=O)c1cc(C)n(CC2CCCCC2)n1.CCOC(=O)c1cc(C)n(CC2CCCO2)n1.CCOC(=O)c1cc(C)n(CCc2cc(F)cc(F)c2)n1.CCOC(=O)c1cc(C)n(Cc2cc(C)n(C)n2)n1.CCOC(=O)c1cc(C)n(Cc2ccn(C)n2)n1. The van der Waals surface area contributed by atoms with Gasteiger partial charge >= 0.3 is 47.8 Å². The second-order valence-corrected chi connectivity index (χ2v) is 35.5. The molecular formula is C102H144F2N20O17. The number of halogens is 2. The van der Waals surface area contributed by atoms with Gasteiger partial charge in [0.15, 0.2) is 45.6 Å². The maximum Gasteiger partial charge on any atom is 0.358 e. The molecule has 0 amide bonds. The summed E-state index contributed by atoms with van der Waals surface area (Å²) in [6.45, 7) is 41.5. The van der Waals surface area contributed by atoms with E-state index in [-0.39, 0.29) is 60.2 Å². The Morgan fingerprint density at radius 2 is 0.589 bits per heavy atom. The Hall–Kier alpha value is -13.1. The third-order valence-electron chi connectivity index (χ3n) is 24.1. The van der Waals surface area contributed by atoms with Gasteiger partial charge in [0.2, 0.25) is 0 Å². The molecule has 10 aromatic heterocycles. The molecule has 141 heavy (non-hydrogen) atoms. The minimum absolute atomic E-state index is 0.226. The summed E-state index contributed by atoms with van der Waals surface area (Å²) in [4.78, 5) is 92.3. The van der Waals surface area contributed by atoms with E-state index in [2.05, 4.69) is 51.0 Å². The van der Waals surface area contributed by atoms with Crippen LogP contribution in [0.3, 0.4) is 0 Å². The first-order valence-electron chi connectivity index (χ1n) is 49.4. The van der Waals surface area contributed by atoms with Gasteiger partial charge in [-0.25, -0.2) is 47.1 Å². The summed E-state index contributed by atoms with van der Waals surface area (Å²) >= 11 is 0. The zero-order valence-electron chi connectivity index (χ0n) is 85.7. The van der Waals surface area contributed by atoms with E-state index in [9.17, 15) is 47.1 Å². The summed E-state index contributed by atoms with van der Waals surface area (Å²) in [6, 6.07) is 21.4. The Labute approximate surface area is 824 Å². The predicted molar refractivity (Wildman–Crippen MR) is 520 cm³/mol. The van der Waals surface area contributed by atoms with Crippen molar-refractivity contribution >= 4 is 47.8 Å². The molecule has 1 atom stereocenters. The van der Waals surface area contributed by atoms with Crippen LogP contribution >= 0.6 is 0 Å². The molecule has 1 saturated heterocycles. The number of hydrogen-bond donors (Lipinski definition) is 0. The summed E-state index contributed by atoms with van der Waals surface area (Å²) in [7, 11) is 3.77. The zero-order chi connectivity index (χ0) is 102. The summed E-state index contributed by atoms with van der Waals surface area (Å²) in [6.07, 6.45) is 23.0. The first kappa shape index (κ1) is 112. The first-order valence-corrected chi connectivity index (χ1v) is 49.4. The monoisotopic (exact) mass is 1960 g/mol. The van der Waals surface area contributed by atoms with Crippen LogP contribution in [0.2, 0.25) is 0 Å². The first-order chi connectivity index (χ1) is 67.6. The van der Waals surface area contributed by atoms with E-state index >= 15 is 0 Å². The van der Waals surface area contributed by atoms with Gasteiger partial charge in [0.25, 0.3) is 0 Å². The highest BCUT2D eigenvalue weighted by Crippen LogP contribution is 2.32. The summed E-state index contributed by atoms with van der Waals surface area (Å²) < 4.78 is 89.4. The molecule has 1 aromatic carbocycles.